The van der Waals surface area contributed by atoms with Gasteiger partial charge in [-0.2, -0.15) is 0 Å². The van der Waals surface area contributed by atoms with Crippen LogP contribution >= 0.6 is 0 Å². The molecule has 1 fully saturated rings. The molecule has 8 heteroatoms. The first-order valence-corrected chi connectivity index (χ1v) is 11.4. The fourth-order valence-electron chi connectivity index (χ4n) is 3.54. The van der Waals surface area contributed by atoms with Crippen molar-refractivity contribution in [2.75, 3.05) is 44.6 Å². The van der Waals surface area contributed by atoms with Gasteiger partial charge >= 0.3 is 5.97 Å². The predicted octanol–water partition coefficient (Wildman–Crippen LogP) is 2.81. The highest BCUT2D eigenvalue weighted by Gasteiger charge is 2.21. The monoisotopic (exact) mass is 451 g/mol. The second kappa shape index (κ2) is 12.0. The first kappa shape index (κ1) is 24.3. The Hall–Kier alpha value is -3.39. The van der Waals surface area contributed by atoms with Gasteiger partial charge in [0.25, 0.3) is 0 Å². The fourth-order valence-corrected chi connectivity index (χ4v) is 3.54. The number of rotatable bonds is 8. The molecule has 1 heterocycles. The van der Waals surface area contributed by atoms with E-state index in [1.165, 1.54) is 5.56 Å². The number of nitrogens with one attached hydrogen (secondary N) is 2. The largest absolute Gasteiger partial charge is 0.478 e. The molecule has 0 aliphatic carbocycles. The molecule has 0 bridgehead atoms. The Morgan fingerprint density at radius 2 is 1.67 bits per heavy atom. The van der Waals surface area contributed by atoms with Crippen LogP contribution in [0.5, 0.6) is 0 Å². The summed E-state index contributed by atoms with van der Waals surface area (Å²) >= 11 is 0. The Kier molecular flexibility index (Phi) is 8.83. The van der Waals surface area contributed by atoms with Gasteiger partial charge in [-0.1, -0.05) is 36.8 Å². The molecule has 3 N–H and O–H groups in total. The van der Waals surface area contributed by atoms with E-state index in [1.54, 1.807) is 24.3 Å². The summed E-state index contributed by atoms with van der Waals surface area (Å²) in [6.45, 7) is 8.78. The molecule has 2 aromatic carbocycles. The minimum atomic E-state index is -0.950. The Morgan fingerprint density at radius 1 is 1.00 bits per heavy atom. The van der Waals surface area contributed by atoms with Crippen molar-refractivity contribution in [3.63, 3.8) is 0 Å². The highest BCUT2D eigenvalue weighted by Crippen LogP contribution is 2.13. The predicted molar refractivity (Wildman–Crippen MR) is 131 cm³/mol. The second-order valence-corrected chi connectivity index (χ2v) is 8.25. The van der Waals surface area contributed by atoms with Crippen molar-refractivity contribution >= 4 is 23.5 Å². The number of piperazine rings is 1. The van der Waals surface area contributed by atoms with E-state index in [-0.39, 0.29) is 11.5 Å². The molecule has 33 heavy (non-hydrogen) atoms. The lowest BCUT2D eigenvalue weighted by molar-refractivity contribution is -0.122. The molecule has 1 amide bonds. The molecule has 0 saturated carbocycles. The minimum absolute atomic E-state index is 0.0650. The number of aryl methyl sites for hydroxylation is 1. The third-order valence-electron chi connectivity index (χ3n) is 5.53. The van der Waals surface area contributed by atoms with Gasteiger partial charge in [-0.05, 0) is 43.2 Å². The SMILES string of the molecule is CCCNC(=O)CN1CCN(C(=NCc2ccc(C)cc2)Nc2ccc(C(=O)O)cc2)CC1. The van der Waals surface area contributed by atoms with Gasteiger partial charge in [-0.3, -0.25) is 9.69 Å². The molecule has 0 radical (unpaired) electrons. The topological polar surface area (TPSA) is 97.3 Å². The van der Waals surface area contributed by atoms with Crippen molar-refractivity contribution in [3.8, 4) is 0 Å². The van der Waals surface area contributed by atoms with Gasteiger partial charge in [0, 0.05) is 38.4 Å². The van der Waals surface area contributed by atoms with Gasteiger partial charge < -0.3 is 20.6 Å². The Labute approximate surface area is 195 Å². The summed E-state index contributed by atoms with van der Waals surface area (Å²) in [5.41, 5.74) is 3.35. The van der Waals surface area contributed by atoms with E-state index in [4.69, 9.17) is 10.1 Å². The number of carbonyl (C=O) groups is 2. The van der Waals surface area contributed by atoms with E-state index < -0.39 is 5.97 Å². The molecule has 0 spiro atoms. The lowest BCUT2D eigenvalue weighted by Gasteiger charge is -2.36. The molecule has 1 aliphatic rings. The van der Waals surface area contributed by atoms with Crippen LogP contribution in [-0.2, 0) is 11.3 Å². The van der Waals surface area contributed by atoms with Gasteiger partial charge in [-0.15, -0.1) is 0 Å². The molecule has 0 unspecified atom stereocenters. The Morgan fingerprint density at radius 3 is 2.27 bits per heavy atom. The smallest absolute Gasteiger partial charge is 0.335 e. The summed E-state index contributed by atoms with van der Waals surface area (Å²) < 4.78 is 0. The van der Waals surface area contributed by atoms with E-state index in [0.29, 0.717) is 19.6 Å². The number of anilines is 1. The standard InChI is InChI=1S/C25H33N5O3/c1-3-12-26-23(31)18-29-13-15-30(16-14-29)25(27-17-20-6-4-19(2)5-7-20)28-22-10-8-21(9-11-22)24(32)33/h4-11H,3,12-18H2,1-2H3,(H,26,31)(H,27,28)(H,32,33). The van der Waals surface area contributed by atoms with Crippen LogP contribution in [0.3, 0.4) is 0 Å². The third kappa shape index (κ3) is 7.61. The summed E-state index contributed by atoms with van der Waals surface area (Å²) in [5.74, 6) is -0.141. The van der Waals surface area contributed by atoms with Crippen LogP contribution in [0.2, 0.25) is 0 Å². The second-order valence-electron chi connectivity index (χ2n) is 8.25. The summed E-state index contributed by atoms with van der Waals surface area (Å²) in [7, 11) is 0. The first-order valence-electron chi connectivity index (χ1n) is 11.4. The molecule has 0 aromatic heterocycles. The maximum Gasteiger partial charge on any atom is 0.335 e. The first-order chi connectivity index (χ1) is 15.9. The molecule has 1 saturated heterocycles. The quantitative estimate of drug-likeness (QED) is 0.422. The number of carboxylic acids is 1. The number of aliphatic imine (C=N–C) groups is 1. The summed E-state index contributed by atoms with van der Waals surface area (Å²) in [6.07, 6.45) is 0.930. The zero-order chi connectivity index (χ0) is 23.6. The van der Waals surface area contributed by atoms with E-state index in [2.05, 4.69) is 51.6 Å². The highest BCUT2D eigenvalue weighted by atomic mass is 16.4. The van der Waals surface area contributed by atoms with Gasteiger partial charge in [0.05, 0.1) is 18.7 Å². The molecule has 8 nitrogen and oxygen atoms in total. The fraction of sp³-hybridized carbons (Fsp3) is 0.400. The molecule has 2 aromatic rings. The molecule has 176 valence electrons. The zero-order valence-corrected chi connectivity index (χ0v) is 19.4. The number of hydrogen-bond acceptors (Lipinski definition) is 4. The number of hydrogen-bond donors (Lipinski definition) is 3. The molecular weight excluding hydrogens is 418 g/mol. The van der Waals surface area contributed by atoms with Crippen LogP contribution in [-0.4, -0.2) is 72.0 Å². The van der Waals surface area contributed by atoms with E-state index >= 15 is 0 Å². The number of nitrogens with zero attached hydrogens (tertiary/aromatic N) is 3. The average Bonchev–Trinajstić information content (AvgIpc) is 2.82. The Balaban J connectivity index is 1.67. The normalized spacial score (nSPS) is 14.7. The Bertz CT molecular complexity index is 949. The highest BCUT2D eigenvalue weighted by molar-refractivity contribution is 5.94. The summed E-state index contributed by atoms with van der Waals surface area (Å²) in [4.78, 5) is 32.4. The van der Waals surface area contributed by atoms with Crippen LogP contribution in [0.4, 0.5) is 5.69 Å². The lowest BCUT2D eigenvalue weighted by atomic mass is 10.1. The van der Waals surface area contributed by atoms with Crippen LogP contribution in [0.25, 0.3) is 0 Å². The summed E-state index contributed by atoms with van der Waals surface area (Å²) in [6, 6.07) is 15.0. The van der Waals surface area contributed by atoms with E-state index in [9.17, 15) is 9.59 Å². The maximum absolute atomic E-state index is 12.0. The van der Waals surface area contributed by atoms with E-state index in [1.807, 2.05) is 6.92 Å². The van der Waals surface area contributed by atoms with Crippen LogP contribution in [0, 0.1) is 6.92 Å². The van der Waals surface area contributed by atoms with Gasteiger partial charge in [0.15, 0.2) is 5.96 Å². The van der Waals surface area contributed by atoms with E-state index in [0.717, 1.165) is 49.8 Å². The van der Waals surface area contributed by atoms with Crippen molar-refractivity contribution in [2.24, 2.45) is 4.99 Å². The molecule has 1 aliphatic heterocycles. The molecule has 3 rings (SSSR count). The third-order valence-corrected chi connectivity index (χ3v) is 5.53. The van der Waals surface area contributed by atoms with Gasteiger partial charge in [0.2, 0.25) is 5.91 Å². The maximum atomic E-state index is 12.0. The molecular formula is C25H33N5O3. The van der Waals surface area contributed by atoms with Gasteiger partial charge in [0.1, 0.15) is 0 Å². The number of carbonyl (C=O) groups excluding carboxylic acids is 1. The number of aromatic carboxylic acids is 1. The van der Waals surface area contributed by atoms with Crippen molar-refractivity contribution < 1.29 is 14.7 Å². The summed E-state index contributed by atoms with van der Waals surface area (Å²) in [5, 5.41) is 15.4. The van der Waals surface area contributed by atoms with Crippen molar-refractivity contribution in [3.05, 3.63) is 65.2 Å². The minimum Gasteiger partial charge on any atom is -0.478 e. The van der Waals surface area contributed by atoms with Crippen molar-refractivity contribution in [1.82, 2.24) is 15.1 Å². The van der Waals surface area contributed by atoms with Gasteiger partial charge in [-0.25, -0.2) is 9.79 Å². The van der Waals surface area contributed by atoms with Crippen LogP contribution < -0.4 is 10.6 Å². The lowest BCUT2D eigenvalue weighted by Crippen LogP contribution is -2.52. The number of benzene rings is 2. The average molecular weight is 452 g/mol. The zero-order valence-electron chi connectivity index (χ0n) is 19.4. The molecule has 0 atom stereocenters. The number of amides is 1. The number of guanidine groups is 1. The van der Waals surface area contributed by atoms with Crippen LogP contribution in [0.15, 0.2) is 53.5 Å². The van der Waals surface area contributed by atoms with Crippen molar-refractivity contribution in [1.29, 1.82) is 0 Å². The van der Waals surface area contributed by atoms with Crippen LogP contribution in [0.1, 0.15) is 34.8 Å². The number of carboxylic acid groups (broad SMARTS) is 1. The van der Waals surface area contributed by atoms with Crippen molar-refractivity contribution in [2.45, 2.75) is 26.8 Å².